The third-order valence-electron chi connectivity index (χ3n) is 5.11. The second-order valence-corrected chi connectivity index (χ2v) is 6.31. The fourth-order valence-corrected chi connectivity index (χ4v) is 3.14. The van der Waals surface area contributed by atoms with Crippen LogP contribution in [0.5, 0.6) is 0 Å². The number of rotatable bonds is 7. The summed E-state index contributed by atoms with van der Waals surface area (Å²) >= 11 is 0. The minimum Gasteiger partial charge on any atom is -0.481 e. The maximum atomic E-state index is 12.0. The molecule has 1 unspecified atom stereocenters. The molecular weight excluding hydrogens is 268 g/mol. The Hall–Kier alpha value is -1.26. The molecule has 0 aromatic carbocycles. The van der Waals surface area contributed by atoms with Crippen LogP contribution in [0, 0.1) is 11.3 Å². The van der Waals surface area contributed by atoms with E-state index in [1.54, 1.807) is 0 Å². The van der Waals surface area contributed by atoms with Crippen molar-refractivity contribution in [1.29, 1.82) is 0 Å². The lowest BCUT2D eigenvalue weighted by Crippen LogP contribution is -2.49. The molecule has 122 valence electrons. The van der Waals surface area contributed by atoms with E-state index in [1.165, 1.54) is 32.1 Å². The molecule has 2 amide bonds. The van der Waals surface area contributed by atoms with Crippen LogP contribution >= 0.6 is 0 Å². The van der Waals surface area contributed by atoms with Crippen molar-refractivity contribution in [3.63, 3.8) is 0 Å². The molecule has 1 aliphatic rings. The van der Waals surface area contributed by atoms with Gasteiger partial charge in [0.25, 0.3) is 0 Å². The van der Waals surface area contributed by atoms with E-state index in [4.69, 9.17) is 0 Å². The first-order chi connectivity index (χ1) is 9.95. The summed E-state index contributed by atoms with van der Waals surface area (Å²) in [4.78, 5) is 23.4. The molecular formula is C16H30N2O3. The fraction of sp³-hybridized carbons (Fsp3) is 0.875. The van der Waals surface area contributed by atoms with Crippen LogP contribution in [0.3, 0.4) is 0 Å². The summed E-state index contributed by atoms with van der Waals surface area (Å²) in [6.45, 7) is 5.92. The number of hydrogen-bond donors (Lipinski definition) is 3. The maximum absolute atomic E-state index is 12.0. The molecule has 0 spiro atoms. The van der Waals surface area contributed by atoms with Gasteiger partial charge in [0, 0.05) is 12.6 Å². The standard InChI is InChI=1S/C16H30N2O3/c1-4-16(5-2,14(19)20)11-17-15(21)18-12(3)13-9-7-6-8-10-13/h12-13H,4-11H2,1-3H3,(H,19,20)(H2,17,18,21). The highest BCUT2D eigenvalue weighted by atomic mass is 16.4. The molecule has 0 bridgehead atoms. The predicted molar refractivity (Wildman–Crippen MR) is 83.2 cm³/mol. The van der Waals surface area contributed by atoms with Crippen LogP contribution in [-0.2, 0) is 4.79 Å². The zero-order valence-corrected chi connectivity index (χ0v) is 13.6. The van der Waals surface area contributed by atoms with Gasteiger partial charge in [-0.05, 0) is 38.5 Å². The number of nitrogens with one attached hydrogen (secondary N) is 2. The van der Waals surface area contributed by atoms with Gasteiger partial charge in [0.05, 0.1) is 5.41 Å². The third-order valence-corrected chi connectivity index (χ3v) is 5.11. The van der Waals surface area contributed by atoms with E-state index in [2.05, 4.69) is 10.6 Å². The van der Waals surface area contributed by atoms with Crippen LogP contribution in [0.2, 0.25) is 0 Å². The maximum Gasteiger partial charge on any atom is 0.315 e. The molecule has 5 heteroatoms. The highest BCUT2D eigenvalue weighted by Gasteiger charge is 2.35. The summed E-state index contributed by atoms with van der Waals surface area (Å²) < 4.78 is 0. The second kappa shape index (κ2) is 8.25. The Morgan fingerprint density at radius 3 is 2.24 bits per heavy atom. The van der Waals surface area contributed by atoms with E-state index in [0.717, 1.165) is 0 Å². The Labute approximate surface area is 127 Å². The van der Waals surface area contributed by atoms with E-state index in [-0.39, 0.29) is 18.6 Å². The summed E-state index contributed by atoms with van der Waals surface area (Å²) in [6.07, 6.45) is 7.14. The Morgan fingerprint density at radius 1 is 1.19 bits per heavy atom. The zero-order valence-electron chi connectivity index (χ0n) is 13.6. The average molecular weight is 298 g/mol. The van der Waals surface area contributed by atoms with Crippen LogP contribution in [0.1, 0.15) is 65.7 Å². The quantitative estimate of drug-likeness (QED) is 0.675. The number of aliphatic carboxylic acids is 1. The molecule has 0 aromatic rings. The van der Waals surface area contributed by atoms with Crippen LogP contribution in [0.4, 0.5) is 4.79 Å². The van der Waals surface area contributed by atoms with E-state index < -0.39 is 11.4 Å². The number of amides is 2. The van der Waals surface area contributed by atoms with Crippen LogP contribution in [0.15, 0.2) is 0 Å². The zero-order chi connectivity index (χ0) is 15.9. The van der Waals surface area contributed by atoms with Gasteiger partial charge in [0.1, 0.15) is 0 Å². The van der Waals surface area contributed by atoms with Gasteiger partial charge >= 0.3 is 12.0 Å². The van der Waals surface area contributed by atoms with Gasteiger partial charge in [-0.15, -0.1) is 0 Å². The molecule has 21 heavy (non-hydrogen) atoms. The van der Waals surface area contributed by atoms with Crippen LogP contribution in [-0.4, -0.2) is 29.7 Å². The molecule has 0 saturated heterocycles. The topological polar surface area (TPSA) is 78.4 Å². The van der Waals surface area contributed by atoms with Crippen molar-refractivity contribution in [2.24, 2.45) is 11.3 Å². The first-order valence-corrected chi connectivity index (χ1v) is 8.23. The number of carbonyl (C=O) groups is 2. The first kappa shape index (κ1) is 17.8. The number of urea groups is 1. The number of carboxylic acid groups (broad SMARTS) is 1. The molecule has 1 atom stereocenters. The first-order valence-electron chi connectivity index (χ1n) is 8.23. The van der Waals surface area contributed by atoms with Gasteiger partial charge in [-0.1, -0.05) is 33.1 Å². The smallest absolute Gasteiger partial charge is 0.315 e. The summed E-state index contributed by atoms with van der Waals surface area (Å²) in [5.74, 6) is -0.292. The normalized spacial score (nSPS) is 18.0. The lowest BCUT2D eigenvalue weighted by Gasteiger charge is -2.30. The summed E-state index contributed by atoms with van der Waals surface area (Å²) in [5.41, 5.74) is -0.856. The lowest BCUT2D eigenvalue weighted by molar-refractivity contribution is -0.149. The predicted octanol–water partition coefficient (Wildman–Crippen LogP) is 3.15. The Bertz CT molecular complexity index is 347. The van der Waals surface area contributed by atoms with Crippen LogP contribution in [0.25, 0.3) is 0 Å². The molecule has 0 radical (unpaired) electrons. The monoisotopic (exact) mass is 298 g/mol. The van der Waals surface area contributed by atoms with Gasteiger partial charge in [-0.25, -0.2) is 4.79 Å². The molecule has 1 aliphatic carbocycles. The molecule has 5 nitrogen and oxygen atoms in total. The largest absolute Gasteiger partial charge is 0.481 e. The van der Waals surface area contributed by atoms with Crippen molar-refractivity contribution in [2.45, 2.75) is 71.8 Å². The van der Waals surface area contributed by atoms with Gasteiger partial charge < -0.3 is 15.7 Å². The van der Waals surface area contributed by atoms with E-state index in [1.807, 2.05) is 20.8 Å². The lowest BCUT2D eigenvalue weighted by atomic mass is 9.82. The van der Waals surface area contributed by atoms with Gasteiger partial charge in [-0.3, -0.25) is 4.79 Å². The van der Waals surface area contributed by atoms with E-state index in [9.17, 15) is 14.7 Å². The highest BCUT2D eigenvalue weighted by molar-refractivity contribution is 5.78. The minimum absolute atomic E-state index is 0.146. The Balaban J connectivity index is 2.43. The Morgan fingerprint density at radius 2 is 1.76 bits per heavy atom. The van der Waals surface area contributed by atoms with Crippen molar-refractivity contribution in [1.82, 2.24) is 10.6 Å². The van der Waals surface area contributed by atoms with Crippen LogP contribution < -0.4 is 10.6 Å². The van der Waals surface area contributed by atoms with Crippen molar-refractivity contribution >= 4 is 12.0 Å². The van der Waals surface area contributed by atoms with Crippen molar-refractivity contribution in [2.75, 3.05) is 6.54 Å². The number of carboxylic acids is 1. The second-order valence-electron chi connectivity index (χ2n) is 6.31. The molecule has 0 aliphatic heterocycles. The van der Waals surface area contributed by atoms with Crippen molar-refractivity contribution < 1.29 is 14.7 Å². The average Bonchev–Trinajstić information content (AvgIpc) is 2.49. The highest BCUT2D eigenvalue weighted by Crippen LogP contribution is 2.27. The Kier molecular flexibility index (Phi) is 6.99. The van der Waals surface area contributed by atoms with E-state index in [0.29, 0.717) is 18.8 Å². The summed E-state index contributed by atoms with van der Waals surface area (Å²) in [6, 6.07) is -0.103. The third kappa shape index (κ3) is 4.90. The summed E-state index contributed by atoms with van der Waals surface area (Å²) in [5, 5.41) is 15.1. The minimum atomic E-state index is -0.856. The van der Waals surface area contributed by atoms with Crippen molar-refractivity contribution in [3.8, 4) is 0 Å². The molecule has 0 heterocycles. The SMILES string of the molecule is CCC(CC)(CNC(=O)NC(C)C1CCCCC1)C(=O)O. The van der Waals surface area contributed by atoms with E-state index >= 15 is 0 Å². The number of hydrogen-bond acceptors (Lipinski definition) is 2. The van der Waals surface area contributed by atoms with Gasteiger partial charge in [0.15, 0.2) is 0 Å². The molecule has 1 rings (SSSR count). The summed E-state index contributed by atoms with van der Waals surface area (Å²) in [7, 11) is 0. The molecule has 1 fully saturated rings. The number of carbonyl (C=O) groups excluding carboxylic acids is 1. The molecule has 1 saturated carbocycles. The molecule has 3 N–H and O–H groups in total. The van der Waals surface area contributed by atoms with Gasteiger partial charge in [-0.2, -0.15) is 0 Å². The fourth-order valence-electron chi connectivity index (χ4n) is 3.14. The molecule has 0 aromatic heterocycles. The van der Waals surface area contributed by atoms with Gasteiger partial charge in [0.2, 0.25) is 0 Å². The van der Waals surface area contributed by atoms with Crippen molar-refractivity contribution in [3.05, 3.63) is 0 Å².